The first kappa shape index (κ1) is 46.9. The van der Waals surface area contributed by atoms with Gasteiger partial charge in [0.2, 0.25) is 0 Å². The molecule has 48 heavy (non-hydrogen) atoms. The molecule has 0 saturated heterocycles. The maximum atomic E-state index is 12.6. The maximum absolute atomic E-state index is 12.6. The first-order valence-corrected chi connectivity index (χ1v) is 22.0. The number of hydrogen-bond donors (Lipinski definition) is 1. The molecule has 0 spiro atoms. The summed E-state index contributed by atoms with van der Waals surface area (Å²) in [5, 5.41) is 8.96. The molecule has 286 valence electrons. The predicted molar refractivity (Wildman–Crippen MR) is 209 cm³/mol. The molecule has 0 amide bonds. The maximum Gasteiger partial charge on any atom is 0.306 e. The summed E-state index contributed by atoms with van der Waals surface area (Å²) < 4.78 is 5.91. The standard InChI is InChI=1S/C44H86O4/c1-3-5-7-9-11-13-15-17-18-19-20-21-22-23-24-25-27-29-31-33-35-41-44(47)48-42(39-36-37-40-43(45)46)38-34-32-30-28-26-16-14-12-10-8-6-4-2/h42H,3-41H2,1-2H3,(H,45,46). The minimum absolute atomic E-state index is 0.0377. The molecule has 0 aromatic rings. The second-order valence-electron chi connectivity index (χ2n) is 15.3. The van der Waals surface area contributed by atoms with Gasteiger partial charge < -0.3 is 9.84 Å². The van der Waals surface area contributed by atoms with Crippen molar-refractivity contribution in [1.29, 1.82) is 0 Å². The molecule has 0 heterocycles. The zero-order valence-corrected chi connectivity index (χ0v) is 32.8. The Balaban J connectivity index is 3.72. The van der Waals surface area contributed by atoms with E-state index < -0.39 is 5.97 Å². The lowest BCUT2D eigenvalue weighted by Crippen LogP contribution is -2.18. The van der Waals surface area contributed by atoms with Crippen LogP contribution < -0.4 is 0 Å². The Hall–Kier alpha value is -1.06. The number of carboxylic acids is 1. The molecule has 0 aromatic heterocycles. The molecule has 0 fully saturated rings. The Labute approximate surface area is 301 Å². The van der Waals surface area contributed by atoms with Gasteiger partial charge in [-0.2, -0.15) is 0 Å². The second-order valence-corrected chi connectivity index (χ2v) is 15.3. The Bertz CT molecular complexity index is 648. The van der Waals surface area contributed by atoms with E-state index in [9.17, 15) is 9.59 Å². The van der Waals surface area contributed by atoms with Crippen molar-refractivity contribution >= 4 is 11.9 Å². The molecular formula is C44H86O4. The molecule has 0 aliphatic heterocycles. The summed E-state index contributed by atoms with van der Waals surface area (Å²) in [4.78, 5) is 23.5. The van der Waals surface area contributed by atoms with Crippen molar-refractivity contribution in [2.45, 2.75) is 270 Å². The van der Waals surface area contributed by atoms with Crippen LogP contribution in [0.1, 0.15) is 264 Å². The van der Waals surface area contributed by atoms with Crippen LogP contribution >= 0.6 is 0 Å². The number of carbonyl (C=O) groups excluding carboxylic acids is 1. The molecule has 0 bridgehead atoms. The molecule has 0 aromatic carbocycles. The van der Waals surface area contributed by atoms with Gasteiger partial charge in [0.05, 0.1) is 0 Å². The van der Waals surface area contributed by atoms with Crippen LogP contribution in [0.4, 0.5) is 0 Å². The molecule has 0 aliphatic rings. The Morgan fingerprint density at radius 2 is 0.625 bits per heavy atom. The van der Waals surface area contributed by atoms with Crippen molar-refractivity contribution in [2.75, 3.05) is 0 Å². The van der Waals surface area contributed by atoms with Crippen molar-refractivity contribution < 1.29 is 19.4 Å². The van der Waals surface area contributed by atoms with E-state index >= 15 is 0 Å². The van der Waals surface area contributed by atoms with Crippen LogP contribution in [0, 0.1) is 0 Å². The van der Waals surface area contributed by atoms with Gasteiger partial charge in [-0.15, -0.1) is 0 Å². The largest absolute Gasteiger partial charge is 0.481 e. The van der Waals surface area contributed by atoms with Gasteiger partial charge in [-0.05, 0) is 38.5 Å². The van der Waals surface area contributed by atoms with Gasteiger partial charge in [0.15, 0.2) is 0 Å². The van der Waals surface area contributed by atoms with Gasteiger partial charge in [0.25, 0.3) is 0 Å². The van der Waals surface area contributed by atoms with Gasteiger partial charge in [-0.25, -0.2) is 0 Å². The highest BCUT2D eigenvalue weighted by molar-refractivity contribution is 5.69. The fourth-order valence-corrected chi connectivity index (χ4v) is 7.07. The van der Waals surface area contributed by atoms with Crippen LogP contribution in [0.3, 0.4) is 0 Å². The summed E-state index contributed by atoms with van der Waals surface area (Å²) in [5.41, 5.74) is 0. The van der Waals surface area contributed by atoms with Gasteiger partial charge in [0, 0.05) is 12.8 Å². The number of ether oxygens (including phenoxy) is 1. The number of hydrogen-bond acceptors (Lipinski definition) is 3. The van der Waals surface area contributed by atoms with Crippen molar-refractivity contribution in [3.8, 4) is 0 Å². The fraction of sp³-hybridized carbons (Fsp3) is 0.955. The van der Waals surface area contributed by atoms with E-state index in [-0.39, 0.29) is 18.5 Å². The van der Waals surface area contributed by atoms with Crippen LogP contribution in [0.5, 0.6) is 0 Å². The van der Waals surface area contributed by atoms with E-state index in [4.69, 9.17) is 9.84 Å². The average molecular weight is 679 g/mol. The molecule has 4 nitrogen and oxygen atoms in total. The first-order valence-electron chi connectivity index (χ1n) is 22.0. The molecule has 1 atom stereocenters. The van der Waals surface area contributed by atoms with Crippen LogP contribution in [0.15, 0.2) is 0 Å². The van der Waals surface area contributed by atoms with E-state index in [2.05, 4.69) is 13.8 Å². The van der Waals surface area contributed by atoms with E-state index in [0.717, 1.165) is 38.5 Å². The van der Waals surface area contributed by atoms with Crippen molar-refractivity contribution in [3.63, 3.8) is 0 Å². The Morgan fingerprint density at radius 3 is 0.938 bits per heavy atom. The lowest BCUT2D eigenvalue weighted by Gasteiger charge is -2.18. The molecule has 0 radical (unpaired) electrons. The molecule has 4 heteroatoms. The Morgan fingerprint density at radius 1 is 0.375 bits per heavy atom. The molecular weight excluding hydrogens is 592 g/mol. The first-order chi connectivity index (χ1) is 23.6. The van der Waals surface area contributed by atoms with Crippen molar-refractivity contribution in [3.05, 3.63) is 0 Å². The lowest BCUT2D eigenvalue weighted by atomic mass is 10.0. The zero-order chi connectivity index (χ0) is 35.0. The Kier molecular flexibility index (Phi) is 39.5. The molecule has 1 N–H and O–H groups in total. The third kappa shape index (κ3) is 39.4. The lowest BCUT2D eigenvalue weighted by molar-refractivity contribution is -0.150. The summed E-state index contributed by atoms with van der Waals surface area (Å²) in [6.07, 6.45) is 48.5. The number of carboxylic acid groups (broad SMARTS) is 1. The third-order valence-electron chi connectivity index (χ3n) is 10.3. The normalized spacial score (nSPS) is 12.0. The van der Waals surface area contributed by atoms with Gasteiger partial charge >= 0.3 is 11.9 Å². The van der Waals surface area contributed by atoms with Gasteiger partial charge in [-0.3, -0.25) is 9.59 Å². The quantitative estimate of drug-likeness (QED) is 0.0516. The molecule has 0 aliphatic carbocycles. The van der Waals surface area contributed by atoms with Gasteiger partial charge in [-0.1, -0.05) is 213 Å². The summed E-state index contributed by atoms with van der Waals surface area (Å²) in [6.45, 7) is 4.57. The summed E-state index contributed by atoms with van der Waals surface area (Å²) in [5.74, 6) is -0.783. The van der Waals surface area contributed by atoms with Crippen LogP contribution in [0.2, 0.25) is 0 Å². The number of aliphatic carboxylic acids is 1. The van der Waals surface area contributed by atoms with Gasteiger partial charge in [0.1, 0.15) is 6.10 Å². The fourth-order valence-electron chi connectivity index (χ4n) is 7.07. The highest BCUT2D eigenvalue weighted by Gasteiger charge is 2.14. The van der Waals surface area contributed by atoms with Crippen LogP contribution in [-0.2, 0) is 14.3 Å². The van der Waals surface area contributed by atoms with E-state index in [1.165, 1.54) is 193 Å². The number of esters is 1. The third-order valence-corrected chi connectivity index (χ3v) is 10.3. The van der Waals surface area contributed by atoms with Crippen LogP contribution in [0.25, 0.3) is 0 Å². The minimum Gasteiger partial charge on any atom is -0.481 e. The zero-order valence-electron chi connectivity index (χ0n) is 32.8. The number of rotatable bonds is 41. The van der Waals surface area contributed by atoms with E-state index in [1.54, 1.807) is 0 Å². The van der Waals surface area contributed by atoms with Crippen molar-refractivity contribution in [2.24, 2.45) is 0 Å². The minimum atomic E-state index is -0.737. The molecule has 1 unspecified atom stereocenters. The highest BCUT2D eigenvalue weighted by Crippen LogP contribution is 2.19. The summed E-state index contributed by atoms with van der Waals surface area (Å²) in [6, 6.07) is 0. The van der Waals surface area contributed by atoms with E-state index in [1.807, 2.05) is 0 Å². The highest BCUT2D eigenvalue weighted by atomic mass is 16.5. The predicted octanol–water partition coefficient (Wildman–Crippen LogP) is 15.2. The summed E-state index contributed by atoms with van der Waals surface area (Å²) in [7, 11) is 0. The molecule has 0 rings (SSSR count). The van der Waals surface area contributed by atoms with E-state index in [0.29, 0.717) is 12.8 Å². The number of unbranched alkanes of at least 4 members (excludes halogenated alkanes) is 32. The van der Waals surface area contributed by atoms with Crippen LogP contribution in [-0.4, -0.2) is 23.1 Å². The SMILES string of the molecule is CCCCCCCCCCCCCCCCCCCCCCCC(=O)OC(CCCCCCCCCCCCCC)CCCCC(=O)O. The smallest absolute Gasteiger partial charge is 0.306 e. The molecule has 0 saturated carbocycles. The monoisotopic (exact) mass is 679 g/mol. The topological polar surface area (TPSA) is 63.6 Å². The van der Waals surface area contributed by atoms with Crippen molar-refractivity contribution in [1.82, 2.24) is 0 Å². The number of carbonyl (C=O) groups is 2. The second kappa shape index (κ2) is 40.4. The average Bonchev–Trinajstić information content (AvgIpc) is 3.07. The summed E-state index contributed by atoms with van der Waals surface area (Å²) >= 11 is 0.